The average molecular weight is 384 g/mol. The fourth-order valence-corrected chi connectivity index (χ4v) is 3.03. The number of amides is 1. The number of carbonyl (C=O) groups excluding carboxylic acids is 2. The van der Waals surface area contributed by atoms with Crippen LogP contribution in [-0.4, -0.2) is 36.9 Å². The molecule has 1 atom stereocenters. The van der Waals surface area contributed by atoms with Crippen molar-refractivity contribution in [1.29, 1.82) is 5.26 Å². The van der Waals surface area contributed by atoms with Crippen LogP contribution in [0, 0.1) is 11.3 Å². The second kappa shape index (κ2) is 8.96. The smallest absolute Gasteiger partial charge is 0.351 e. The highest BCUT2D eigenvalue weighted by Crippen LogP contribution is 2.31. The van der Waals surface area contributed by atoms with Crippen molar-refractivity contribution in [3.63, 3.8) is 0 Å². The van der Waals surface area contributed by atoms with Gasteiger partial charge in [0, 0.05) is 4.90 Å². The van der Waals surface area contributed by atoms with Crippen LogP contribution in [-0.2, 0) is 14.3 Å². The van der Waals surface area contributed by atoms with Gasteiger partial charge in [-0.1, -0.05) is 24.3 Å². The van der Waals surface area contributed by atoms with Crippen molar-refractivity contribution in [3.05, 3.63) is 48.5 Å². The van der Waals surface area contributed by atoms with Gasteiger partial charge < -0.3 is 19.5 Å². The van der Waals surface area contributed by atoms with Crippen LogP contribution < -0.4 is 14.8 Å². The van der Waals surface area contributed by atoms with E-state index in [9.17, 15) is 9.59 Å². The summed E-state index contributed by atoms with van der Waals surface area (Å²) in [6.07, 6.45) is -0.925. The lowest BCUT2D eigenvalue weighted by atomic mass is 10.2. The Hall–Kier alpha value is -3.18. The molecule has 1 N–H and O–H groups in total. The van der Waals surface area contributed by atoms with Gasteiger partial charge in [-0.15, -0.1) is 11.8 Å². The molecule has 27 heavy (non-hydrogen) atoms. The lowest BCUT2D eigenvalue weighted by Crippen LogP contribution is -2.39. The Kier molecular flexibility index (Phi) is 6.18. The number of para-hydroxylation sites is 3. The van der Waals surface area contributed by atoms with Crippen molar-refractivity contribution in [3.8, 4) is 17.6 Å². The fourth-order valence-electron chi connectivity index (χ4n) is 2.36. The first kappa shape index (κ1) is 18.6. The molecule has 0 aromatic heterocycles. The maximum Gasteiger partial charge on any atom is 0.351 e. The number of rotatable bonds is 6. The van der Waals surface area contributed by atoms with Gasteiger partial charge in [0.25, 0.3) is 5.91 Å². The zero-order valence-electron chi connectivity index (χ0n) is 14.2. The molecule has 2 aromatic carbocycles. The SMILES string of the molecule is N#CCSc1ccccc1NC(=O)COC(=O)[C@H]1COc2ccccc2O1. The van der Waals surface area contributed by atoms with Crippen LogP contribution in [0.3, 0.4) is 0 Å². The van der Waals surface area contributed by atoms with Gasteiger partial charge in [-0.05, 0) is 24.3 Å². The number of esters is 1. The zero-order valence-corrected chi connectivity index (χ0v) is 15.0. The third kappa shape index (κ3) is 4.92. The number of hydrogen-bond donors (Lipinski definition) is 1. The molecular formula is C19H16N2O5S. The van der Waals surface area contributed by atoms with E-state index in [0.29, 0.717) is 17.2 Å². The maximum atomic E-state index is 12.1. The van der Waals surface area contributed by atoms with Gasteiger partial charge in [0.15, 0.2) is 18.1 Å². The van der Waals surface area contributed by atoms with Gasteiger partial charge in [0.1, 0.15) is 6.61 Å². The molecule has 0 saturated heterocycles. The minimum Gasteiger partial charge on any atom is -0.485 e. The highest BCUT2D eigenvalue weighted by Gasteiger charge is 2.29. The summed E-state index contributed by atoms with van der Waals surface area (Å²) >= 11 is 1.31. The van der Waals surface area contributed by atoms with Crippen LogP contribution >= 0.6 is 11.8 Å². The Morgan fingerprint density at radius 1 is 1.19 bits per heavy atom. The summed E-state index contributed by atoms with van der Waals surface area (Å²) in [5.74, 6) is 0.129. The highest BCUT2D eigenvalue weighted by atomic mass is 32.2. The molecule has 1 amide bonds. The Bertz CT molecular complexity index is 880. The first-order valence-electron chi connectivity index (χ1n) is 8.11. The quantitative estimate of drug-likeness (QED) is 0.604. The van der Waals surface area contributed by atoms with Crippen molar-refractivity contribution in [2.45, 2.75) is 11.0 Å². The standard InChI is InChI=1S/C19H16N2O5S/c20-9-10-27-17-8-4-1-5-13(17)21-18(22)12-25-19(23)16-11-24-14-6-2-3-7-15(14)26-16/h1-8,16H,10-12H2,(H,21,22)/t16-/m1/s1. The molecular weight excluding hydrogens is 368 g/mol. The third-order valence-corrected chi connectivity index (χ3v) is 4.51. The van der Waals surface area contributed by atoms with Crippen molar-refractivity contribution in [2.24, 2.45) is 0 Å². The molecule has 0 unspecified atom stereocenters. The summed E-state index contributed by atoms with van der Waals surface area (Å²) in [5.41, 5.74) is 0.560. The summed E-state index contributed by atoms with van der Waals surface area (Å²) < 4.78 is 16.0. The minimum atomic E-state index is -0.925. The third-order valence-electron chi connectivity index (χ3n) is 3.57. The maximum absolute atomic E-state index is 12.1. The minimum absolute atomic E-state index is 0.0189. The highest BCUT2D eigenvalue weighted by molar-refractivity contribution is 7.99. The molecule has 0 aliphatic carbocycles. The predicted octanol–water partition coefficient (Wildman–Crippen LogP) is 2.62. The Balaban J connectivity index is 1.51. The van der Waals surface area contributed by atoms with E-state index in [2.05, 4.69) is 5.32 Å². The number of nitrogens with one attached hydrogen (secondary N) is 1. The molecule has 0 saturated carbocycles. The van der Waals surface area contributed by atoms with E-state index in [4.69, 9.17) is 19.5 Å². The second-order valence-electron chi connectivity index (χ2n) is 5.46. The fraction of sp³-hybridized carbons (Fsp3) is 0.211. The van der Waals surface area contributed by atoms with Gasteiger partial charge in [-0.25, -0.2) is 4.79 Å². The molecule has 7 nitrogen and oxygen atoms in total. The summed E-state index contributed by atoms with van der Waals surface area (Å²) in [6.45, 7) is -0.428. The number of fused-ring (bicyclic) bond motifs is 1. The number of carbonyl (C=O) groups is 2. The van der Waals surface area contributed by atoms with Crippen LogP contribution in [0.1, 0.15) is 0 Å². The molecule has 0 radical (unpaired) electrons. The summed E-state index contributed by atoms with van der Waals surface area (Å²) in [7, 11) is 0. The number of thioether (sulfide) groups is 1. The Labute approximate surface area is 160 Å². The number of ether oxygens (including phenoxy) is 3. The van der Waals surface area contributed by atoms with Crippen molar-refractivity contribution < 1.29 is 23.8 Å². The monoisotopic (exact) mass is 384 g/mol. The summed E-state index contributed by atoms with van der Waals surface area (Å²) in [5, 5.41) is 11.4. The van der Waals surface area contributed by atoms with Crippen molar-refractivity contribution >= 4 is 29.3 Å². The van der Waals surface area contributed by atoms with E-state index in [0.717, 1.165) is 4.90 Å². The molecule has 0 fully saturated rings. The van der Waals surface area contributed by atoms with Crippen LogP contribution in [0.2, 0.25) is 0 Å². The van der Waals surface area contributed by atoms with E-state index in [1.54, 1.807) is 42.5 Å². The molecule has 1 aliphatic rings. The van der Waals surface area contributed by atoms with Crippen LogP contribution in [0.15, 0.2) is 53.4 Å². The van der Waals surface area contributed by atoms with Crippen molar-refractivity contribution in [1.82, 2.24) is 0 Å². The zero-order chi connectivity index (χ0) is 19.1. The number of benzene rings is 2. The lowest BCUT2D eigenvalue weighted by Gasteiger charge is -2.24. The van der Waals surface area contributed by atoms with Gasteiger partial charge in [0.05, 0.1) is 17.5 Å². The van der Waals surface area contributed by atoms with Gasteiger partial charge in [-0.3, -0.25) is 4.79 Å². The van der Waals surface area contributed by atoms with E-state index in [1.807, 2.05) is 12.1 Å². The van der Waals surface area contributed by atoms with Gasteiger partial charge in [0.2, 0.25) is 6.10 Å². The summed E-state index contributed by atoms with van der Waals surface area (Å²) in [4.78, 5) is 25.0. The second-order valence-corrected chi connectivity index (χ2v) is 6.48. The molecule has 1 aliphatic heterocycles. The molecule has 2 aromatic rings. The molecule has 1 heterocycles. The first-order chi connectivity index (χ1) is 13.2. The van der Waals surface area contributed by atoms with Crippen molar-refractivity contribution in [2.75, 3.05) is 24.3 Å². The Morgan fingerprint density at radius 3 is 2.74 bits per heavy atom. The number of nitrogens with zero attached hydrogens (tertiary/aromatic N) is 1. The molecule has 8 heteroatoms. The van der Waals surface area contributed by atoms with Crippen LogP contribution in [0.4, 0.5) is 5.69 Å². The normalized spacial score (nSPS) is 14.7. The molecule has 0 spiro atoms. The molecule has 0 bridgehead atoms. The van der Waals surface area contributed by atoms with Crippen LogP contribution in [0.25, 0.3) is 0 Å². The van der Waals surface area contributed by atoms with E-state index in [-0.39, 0.29) is 12.4 Å². The topological polar surface area (TPSA) is 97.7 Å². The first-order valence-corrected chi connectivity index (χ1v) is 9.09. The van der Waals surface area contributed by atoms with Gasteiger partial charge in [-0.2, -0.15) is 5.26 Å². The van der Waals surface area contributed by atoms with E-state index >= 15 is 0 Å². The predicted molar refractivity (Wildman–Crippen MR) is 98.7 cm³/mol. The van der Waals surface area contributed by atoms with E-state index in [1.165, 1.54) is 11.8 Å². The average Bonchev–Trinajstić information content (AvgIpc) is 2.71. The number of nitriles is 1. The Morgan fingerprint density at radius 2 is 1.93 bits per heavy atom. The largest absolute Gasteiger partial charge is 0.485 e. The number of hydrogen-bond acceptors (Lipinski definition) is 7. The van der Waals surface area contributed by atoms with Gasteiger partial charge >= 0.3 is 5.97 Å². The summed E-state index contributed by atoms with van der Waals surface area (Å²) in [6, 6.07) is 16.1. The van der Waals surface area contributed by atoms with E-state index < -0.39 is 24.6 Å². The lowest BCUT2D eigenvalue weighted by molar-refractivity contribution is -0.156. The number of anilines is 1. The van der Waals surface area contributed by atoms with Crippen LogP contribution in [0.5, 0.6) is 11.5 Å². The molecule has 3 rings (SSSR count). The molecule has 138 valence electrons.